The number of hydrogen-bond donors (Lipinski definition) is 1. The Bertz CT molecular complexity index is 612. The number of benzene rings is 1. The van der Waals surface area contributed by atoms with E-state index in [9.17, 15) is 9.18 Å². The van der Waals surface area contributed by atoms with Gasteiger partial charge >= 0.3 is 5.97 Å². The molecule has 0 unspecified atom stereocenters. The molecule has 0 bridgehead atoms. The van der Waals surface area contributed by atoms with E-state index in [1.54, 1.807) is 6.07 Å². The van der Waals surface area contributed by atoms with E-state index in [1.165, 1.54) is 23.5 Å². The topological polar surface area (TPSA) is 50.2 Å². The zero-order valence-corrected chi connectivity index (χ0v) is 11.0. The maximum absolute atomic E-state index is 13.9. The average molecular weight is 286 g/mol. The molecule has 94 valence electrons. The van der Waals surface area contributed by atoms with Crippen LogP contribution < -0.4 is 0 Å². The molecule has 0 saturated heterocycles. The SMILES string of the molecule is CCc1nc(C(=O)O)c(-c2cccc(Cl)c2F)s1. The van der Waals surface area contributed by atoms with Gasteiger partial charge < -0.3 is 5.11 Å². The number of nitrogens with zero attached hydrogens (tertiary/aromatic N) is 1. The number of thiazole rings is 1. The number of aryl methyl sites for hydroxylation is 1. The number of aromatic nitrogens is 1. The van der Waals surface area contributed by atoms with E-state index in [0.29, 0.717) is 16.3 Å². The second-order valence-corrected chi connectivity index (χ2v) is 5.04. The van der Waals surface area contributed by atoms with E-state index < -0.39 is 11.8 Å². The van der Waals surface area contributed by atoms with E-state index >= 15 is 0 Å². The lowest BCUT2D eigenvalue weighted by Crippen LogP contribution is -2.00. The number of halogens is 2. The molecule has 6 heteroatoms. The van der Waals surface area contributed by atoms with Gasteiger partial charge in [-0.05, 0) is 12.5 Å². The summed E-state index contributed by atoms with van der Waals surface area (Å²) in [6, 6.07) is 4.50. The molecule has 1 heterocycles. The van der Waals surface area contributed by atoms with E-state index in [0.717, 1.165) is 0 Å². The van der Waals surface area contributed by atoms with E-state index in [1.807, 2.05) is 6.92 Å². The summed E-state index contributed by atoms with van der Waals surface area (Å²) in [5.41, 5.74) is 0.0510. The summed E-state index contributed by atoms with van der Waals surface area (Å²) >= 11 is 6.87. The third-order valence-electron chi connectivity index (χ3n) is 2.37. The van der Waals surface area contributed by atoms with Gasteiger partial charge in [0.15, 0.2) is 5.69 Å². The molecule has 2 rings (SSSR count). The van der Waals surface area contributed by atoms with Gasteiger partial charge in [-0.25, -0.2) is 14.2 Å². The third-order valence-corrected chi connectivity index (χ3v) is 3.90. The van der Waals surface area contributed by atoms with Gasteiger partial charge in [0.2, 0.25) is 0 Å². The van der Waals surface area contributed by atoms with Gasteiger partial charge in [0.1, 0.15) is 5.82 Å². The molecule has 18 heavy (non-hydrogen) atoms. The van der Waals surface area contributed by atoms with E-state index in [-0.39, 0.29) is 16.3 Å². The van der Waals surface area contributed by atoms with Crippen molar-refractivity contribution in [3.63, 3.8) is 0 Å². The smallest absolute Gasteiger partial charge is 0.356 e. The summed E-state index contributed by atoms with van der Waals surface area (Å²) in [6.07, 6.45) is 0.604. The van der Waals surface area contributed by atoms with Crippen LogP contribution in [-0.4, -0.2) is 16.1 Å². The fraction of sp³-hybridized carbons (Fsp3) is 0.167. The van der Waals surface area contributed by atoms with Gasteiger partial charge in [-0.3, -0.25) is 0 Å². The lowest BCUT2D eigenvalue weighted by molar-refractivity contribution is 0.0692. The van der Waals surface area contributed by atoms with Crippen molar-refractivity contribution in [2.75, 3.05) is 0 Å². The Morgan fingerprint density at radius 3 is 2.89 bits per heavy atom. The van der Waals surface area contributed by atoms with Crippen molar-refractivity contribution in [2.24, 2.45) is 0 Å². The van der Waals surface area contributed by atoms with Crippen molar-refractivity contribution in [1.29, 1.82) is 0 Å². The average Bonchev–Trinajstić information content (AvgIpc) is 2.77. The van der Waals surface area contributed by atoms with Crippen LogP contribution in [0, 0.1) is 5.82 Å². The first-order valence-corrected chi connectivity index (χ1v) is 6.41. The third kappa shape index (κ3) is 2.23. The highest BCUT2D eigenvalue weighted by Gasteiger charge is 2.21. The monoisotopic (exact) mass is 285 g/mol. The Hall–Kier alpha value is -1.46. The highest BCUT2D eigenvalue weighted by Crippen LogP contribution is 2.34. The number of carboxylic acids is 1. The molecular formula is C12H9ClFNO2S. The first-order chi connectivity index (χ1) is 8.54. The summed E-state index contributed by atoms with van der Waals surface area (Å²) in [5.74, 6) is -1.78. The van der Waals surface area contributed by atoms with Crippen molar-refractivity contribution in [2.45, 2.75) is 13.3 Å². The Balaban J connectivity index is 2.66. The van der Waals surface area contributed by atoms with E-state index in [4.69, 9.17) is 16.7 Å². The second kappa shape index (κ2) is 5.04. The van der Waals surface area contributed by atoms with Crippen molar-refractivity contribution in [3.8, 4) is 10.4 Å². The number of carbonyl (C=O) groups is 1. The first kappa shape index (κ1) is 13.0. The summed E-state index contributed by atoms with van der Waals surface area (Å²) in [5, 5.41) is 9.71. The molecule has 3 nitrogen and oxygen atoms in total. The normalized spacial score (nSPS) is 10.6. The Morgan fingerprint density at radius 2 is 2.28 bits per heavy atom. The molecule has 0 atom stereocenters. The molecule has 1 N–H and O–H groups in total. The Morgan fingerprint density at radius 1 is 1.56 bits per heavy atom. The van der Waals surface area contributed by atoms with Crippen LogP contribution in [-0.2, 0) is 6.42 Å². The fourth-order valence-corrected chi connectivity index (χ4v) is 2.71. The maximum atomic E-state index is 13.9. The molecular weight excluding hydrogens is 277 g/mol. The fourth-order valence-electron chi connectivity index (χ4n) is 1.52. The summed E-state index contributed by atoms with van der Waals surface area (Å²) in [6.45, 7) is 1.86. The first-order valence-electron chi connectivity index (χ1n) is 5.22. The molecule has 0 amide bonds. The zero-order valence-electron chi connectivity index (χ0n) is 9.41. The molecule has 0 aliphatic rings. The minimum Gasteiger partial charge on any atom is -0.476 e. The van der Waals surface area contributed by atoms with Crippen LogP contribution in [0.4, 0.5) is 4.39 Å². The number of rotatable bonds is 3. The van der Waals surface area contributed by atoms with Crippen LogP contribution in [0.5, 0.6) is 0 Å². The molecule has 0 fully saturated rings. The highest BCUT2D eigenvalue weighted by molar-refractivity contribution is 7.15. The van der Waals surface area contributed by atoms with Gasteiger partial charge in [-0.2, -0.15) is 0 Å². The molecule has 0 aliphatic heterocycles. The van der Waals surface area contributed by atoms with Crippen molar-refractivity contribution in [1.82, 2.24) is 4.98 Å². The maximum Gasteiger partial charge on any atom is 0.356 e. The molecule has 1 aromatic carbocycles. The Kier molecular flexibility index (Phi) is 3.63. The van der Waals surface area contributed by atoms with E-state index in [2.05, 4.69) is 4.98 Å². The number of carboxylic acid groups (broad SMARTS) is 1. The van der Waals surface area contributed by atoms with Crippen LogP contribution >= 0.6 is 22.9 Å². The minimum atomic E-state index is -1.17. The van der Waals surface area contributed by atoms with Gasteiger partial charge in [-0.15, -0.1) is 11.3 Å². The largest absolute Gasteiger partial charge is 0.476 e. The lowest BCUT2D eigenvalue weighted by atomic mass is 10.1. The molecule has 0 spiro atoms. The van der Waals surface area contributed by atoms with Crippen molar-refractivity contribution >= 4 is 28.9 Å². The minimum absolute atomic E-state index is 0.0321. The van der Waals surface area contributed by atoms with Crippen molar-refractivity contribution < 1.29 is 14.3 Å². The lowest BCUT2D eigenvalue weighted by Gasteiger charge is -2.02. The van der Waals surface area contributed by atoms with Gasteiger partial charge in [-0.1, -0.05) is 30.7 Å². The van der Waals surface area contributed by atoms with Crippen molar-refractivity contribution in [3.05, 3.63) is 39.7 Å². The number of aromatic carboxylic acids is 1. The summed E-state index contributed by atoms with van der Waals surface area (Å²) < 4.78 is 13.9. The predicted molar refractivity (Wildman–Crippen MR) is 68.9 cm³/mol. The summed E-state index contributed by atoms with van der Waals surface area (Å²) in [7, 11) is 0. The molecule has 0 radical (unpaired) electrons. The highest BCUT2D eigenvalue weighted by atomic mass is 35.5. The van der Waals surface area contributed by atoms with Crippen LogP contribution in [0.25, 0.3) is 10.4 Å². The molecule has 2 aromatic rings. The van der Waals surface area contributed by atoms with Crippen LogP contribution in [0.3, 0.4) is 0 Å². The van der Waals surface area contributed by atoms with Gasteiger partial charge in [0, 0.05) is 5.56 Å². The predicted octanol–water partition coefficient (Wildman–Crippen LogP) is 3.86. The quantitative estimate of drug-likeness (QED) is 0.931. The van der Waals surface area contributed by atoms with Gasteiger partial charge in [0.05, 0.1) is 14.9 Å². The van der Waals surface area contributed by atoms with Crippen LogP contribution in [0.1, 0.15) is 22.4 Å². The second-order valence-electron chi connectivity index (χ2n) is 3.55. The zero-order chi connectivity index (χ0) is 13.3. The molecule has 0 aliphatic carbocycles. The van der Waals surface area contributed by atoms with Crippen LogP contribution in [0.15, 0.2) is 18.2 Å². The van der Waals surface area contributed by atoms with Crippen LogP contribution in [0.2, 0.25) is 5.02 Å². The number of hydrogen-bond acceptors (Lipinski definition) is 3. The van der Waals surface area contributed by atoms with Gasteiger partial charge in [0.25, 0.3) is 0 Å². The summed E-state index contributed by atoms with van der Waals surface area (Å²) in [4.78, 5) is 15.4. The standard InChI is InChI=1S/C12H9ClFNO2S/c1-2-8-15-10(12(16)17)11(18-8)6-4-3-5-7(13)9(6)14/h3-5H,2H2,1H3,(H,16,17). The molecule has 0 saturated carbocycles. The molecule has 1 aromatic heterocycles. The Labute approximate surface area is 112 Å².